The zero-order valence-corrected chi connectivity index (χ0v) is 20.3. The molecule has 0 unspecified atom stereocenters. The summed E-state index contributed by atoms with van der Waals surface area (Å²) in [5, 5.41) is 2.84. The first-order chi connectivity index (χ1) is 15.6. The van der Waals surface area contributed by atoms with Gasteiger partial charge in [-0.2, -0.15) is 4.31 Å². The highest BCUT2D eigenvalue weighted by Crippen LogP contribution is 2.19. The third-order valence-electron chi connectivity index (χ3n) is 5.78. The second kappa shape index (κ2) is 10.4. The number of rotatable bonds is 7. The Morgan fingerprint density at radius 1 is 0.939 bits per heavy atom. The summed E-state index contributed by atoms with van der Waals surface area (Å²) in [5.41, 5.74) is 1.42. The van der Waals surface area contributed by atoms with Gasteiger partial charge in [0.2, 0.25) is 15.9 Å². The maximum atomic E-state index is 13.2. The lowest BCUT2D eigenvalue weighted by atomic mass is 10.0. The van der Waals surface area contributed by atoms with Gasteiger partial charge in [-0.05, 0) is 49.2 Å². The summed E-state index contributed by atoms with van der Waals surface area (Å²) in [5.74, 6) is -0.0416. The lowest BCUT2D eigenvalue weighted by molar-refractivity contribution is -0.135. The summed E-state index contributed by atoms with van der Waals surface area (Å²) in [7, 11) is -2.06. The van der Waals surface area contributed by atoms with Crippen LogP contribution in [-0.4, -0.2) is 68.8 Å². The molecule has 0 bridgehead atoms. The molecule has 0 aliphatic carbocycles. The fraction of sp³-hybridized carbons (Fsp3) is 0.417. The summed E-state index contributed by atoms with van der Waals surface area (Å²) in [6.45, 7) is 6.60. The van der Waals surface area contributed by atoms with E-state index in [0.717, 1.165) is 5.56 Å². The molecule has 9 heteroatoms. The van der Waals surface area contributed by atoms with E-state index in [-0.39, 0.29) is 48.8 Å². The van der Waals surface area contributed by atoms with E-state index >= 15 is 0 Å². The average Bonchev–Trinajstić information content (AvgIpc) is 2.82. The first-order valence-electron chi connectivity index (χ1n) is 10.9. The van der Waals surface area contributed by atoms with Gasteiger partial charge in [-0.15, -0.1) is 0 Å². The molecule has 1 atom stereocenters. The van der Waals surface area contributed by atoms with Crippen LogP contribution in [0.5, 0.6) is 5.75 Å². The van der Waals surface area contributed by atoms with E-state index in [1.807, 2.05) is 20.8 Å². The van der Waals surface area contributed by atoms with Crippen LogP contribution in [0.15, 0.2) is 53.4 Å². The minimum Gasteiger partial charge on any atom is -0.497 e. The standard InChI is InChI=1S/C24H31N3O5S/c1-17(2)22(25-23(28)19-7-9-20(32-4)10-8-19)24(29)26-13-15-27(16-14-26)33(30,31)21-11-5-18(3)6-12-21/h5-12,17,22H,13-16H2,1-4H3,(H,25,28)/t22-/m0/s1. The number of piperazine rings is 1. The van der Waals surface area contributed by atoms with Crippen molar-refractivity contribution in [2.75, 3.05) is 33.3 Å². The summed E-state index contributed by atoms with van der Waals surface area (Å²) >= 11 is 0. The second-order valence-corrected chi connectivity index (χ2v) is 10.4. The van der Waals surface area contributed by atoms with Gasteiger partial charge in [-0.25, -0.2) is 8.42 Å². The number of amides is 2. The van der Waals surface area contributed by atoms with Crippen LogP contribution in [0.3, 0.4) is 0 Å². The van der Waals surface area contributed by atoms with Crippen molar-refractivity contribution in [3.8, 4) is 5.75 Å². The molecule has 0 aromatic heterocycles. The van der Waals surface area contributed by atoms with Crippen molar-refractivity contribution in [1.82, 2.24) is 14.5 Å². The zero-order valence-electron chi connectivity index (χ0n) is 19.4. The molecule has 0 spiro atoms. The van der Waals surface area contributed by atoms with Gasteiger partial charge < -0.3 is 15.0 Å². The van der Waals surface area contributed by atoms with Gasteiger partial charge in [0.1, 0.15) is 11.8 Å². The maximum absolute atomic E-state index is 13.2. The van der Waals surface area contributed by atoms with Crippen molar-refractivity contribution in [2.45, 2.75) is 31.7 Å². The molecule has 1 aliphatic heterocycles. The van der Waals surface area contributed by atoms with E-state index in [1.165, 1.54) is 4.31 Å². The topological polar surface area (TPSA) is 96.0 Å². The van der Waals surface area contributed by atoms with Crippen molar-refractivity contribution in [3.05, 3.63) is 59.7 Å². The molecule has 2 amide bonds. The summed E-state index contributed by atoms with van der Waals surface area (Å²) in [6, 6.07) is 12.7. The molecule has 1 saturated heterocycles. The van der Waals surface area contributed by atoms with Crippen molar-refractivity contribution in [2.24, 2.45) is 5.92 Å². The van der Waals surface area contributed by atoms with E-state index in [2.05, 4.69) is 5.32 Å². The van der Waals surface area contributed by atoms with E-state index < -0.39 is 16.1 Å². The molecule has 33 heavy (non-hydrogen) atoms. The number of nitrogens with one attached hydrogen (secondary N) is 1. The Morgan fingerprint density at radius 3 is 2.03 bits per heavy atom. The van der Waals surface area contributed by atoms with E-state index in [9.17, 15) is 18.0 Å². The normalized spacial score (nSPS) is 15.8. The van der Waals surface area contributed by atoms with Gasteiger partial charge in [-0.1, -0.05) is 31.5 Å². The van der Waals surface area contributed by atoms with Crippen LogP contribution >= 0.6 is 0 Å². The molecule has 2 aromatic carbocycles. The average molecular weight is 474 g/mol. The van der Waals surface area contributed by atoms with Crippen LogP contribution in [0.1, 0.15) is 29.8 Å². The number of hydrogen-bond acceptors (Lipinski definition) is 5. The SMILES string of the molecule is COc1ccc(C(=O)N[C@H](C(=O)N2CCN(S(=O)(=O)c3ccc(C)cc3)CC2)C(C)C)cc1. The van der Waals surface area contributed by atoms with Gasteiger partial charge >= 0.3 is 0 Å². The van der Waals surface area contributed by atoms with Crippen LogP contribution in [0.2, 0.25) is 0 Å². The van der Waals surface area contributed by atoms with Crippen LogP contribution in [0.4, 0.5) is 0 Å². The number of ether oxygens (including phenoxy) is 1. The van der Waals surface area contributed by atoms with Crippen molar-refractivity contribution in [1.29, 1.82) is 0 Å². The maximum Gasteiger partial charge on any atom is 0.251 e. The molecule has 1 aliphatic rings. The van der Waals surface area contributed by atoms with Crippen molar-refractivity contribution >= 4 is 21.8 Å². The second-order valence-electron chi connectivity index (χ2n) is 8.47. The molecular weight excluding hydrogens is 442 g/mol. The summed E-state index contributed by atoms with van der Waals surface area (Å²) < 4.78 is 32.4. The Kier molecular flexibility index (Phi) is 7.76. The molecule has 1 fully saturated rings. The molecule has 1 N–H and O–H groups in total. The number of benzene rings is 2. The quantitative estimate of drug-likeness (QED) is 0.666. The van der Waals surface area contributed by atoms with Crippen molar-refractivity contribution in [3.63, 3.8) is 0 Å². The Morgan fingerprint density at radius 2 is 1.52 bits per heavy atom. The van der Waals surface area contributed by atoms with Gasteiger partial charge in [-0.3, -0.25) is 9.59 Å². The Bertz CT molecular complexity index is 1070. The number of sulfonamides is 1. The third kappa shape index (κ3) is 5.72. The molecule has 2 aromatic rings. The Labute approximate surface area is 195 Å². The lowest BCUT2D eigenvalue weighted by Gasteiger charge is -2.36. The third-order valence-corrected chi connectivity index (χ3v) is 7.69. The number of hydrogen-bond donors (Lipinski definition) is 1. The van der Waals surface area contributed by atoms with E-state index in [0.29, 0.717) is 11.3 Å². The minimum atomic E-state index is -3.61. The fourth-order valence-corrected chi connectivity index (χ4v) is 5.11. The molecule has 0 saturated carbocycles. The number of carbonyl (C=O) groups is 2. The van der Waals surface area contributed by atoms with Gasteiger partial charge in [0.25, 0.3) is 5.91 Å². The number of nitrogens with zero attached hydrogens (tertiary/aromatic N) is 2. The molecule has 178 valence electrons. The number of aryl methyl sites for hydroxylation is 1. The fourth-order valence-electron chi connectivity index (χ4n) is 3.69. The van der Waals surface area contributed by atoms with Crippen LogP contribution < -0.4 is 10.1 Å². The Hall–Kier alpha value is -2.91. The molecular formula is C24H31N3O5S. The van der Waals surface area contributed by atoms with Crippen molar-refractivity contribution < 1.29 is 22.7 Å². The smallest absolute Gasteiger partial charge is 0.251 e. The first kappa shape index (κ1) is 24.7. The minimum absolute atomic E-state index is 0.131. The van der Waals surface area contributed by atoms with E-state index in [1.54, 1.807) is 60.5 Å². The molecule has 3 rings (SSSR count). The van der Waals surface area contributed by atoms with Gasteiger partial charge in [0, 0.05) is 31.7 Å². The van der Waals surface area contributed by atoms with Crippen LogP contribution in [0, 0.1) is 12.8 Å². The van der Waals surface area contributed by atoms with Gasteiger partial charge in [0.05, 0.1) is 12.0 Å². The highest BCUT2D eigenvalue weighted by atomic mass is 32.2. The summed E-state index contributed by atoms with van der Waals surface area (Å²) in [6.07, 6.45) is 0. The highest BCUT2D eigenvalue weighted by Gasteiger charge is 2.34. The molecule has 0 radical (unpaired) electrons. The first-order valence-corrected chi connectivity index (χ1v) is 12.4. The van der Waals surface area contributed by atoms with Crippen LogP contribution in [-0.2, 0) is 14.8 Å². The predicted octanol–water partition coefficient (Wildman–Crippen LogP) is 2.29. The number of methoxy groups -OCH3 is 1. The lowest BCUT2D eigenvalue weighted by Crippen LogP contribution is -2.57. The summed E-state index contributed by atoms with van der Waals surface area (Å²) in [4.78, 5) is 27.8. The molecule has 1 heterocycles. The molecule has 8 nitrogen and oxygen atoms in total. The van der Waals surface area contributed by atoms with Gasteiger partial charge in [0.15, 0.2) is 0 Å². The largest absolute Gasteiger partial charge is 0.497 e. The highest BCUT2D eigenvalue weighted by molar-refractivity contribution is 7.89. The van der Waals surface area contributed by atoms with Crippen LogP contribution in [0.25, 0.3) is 0 Å². The number of carbonyl (C=O) groups excluding carboxylic acids is 2. The predicted molar refractivity (Wildman–Crippen MR) is 126 cm³/mol. The Balaban J connectivity index is 1.64. The van der Waals surface area contributed by atoms with E-state index in [4.69, 9.17) is 4.74 Å². The zero-order chi connectivity index (χ0) is 24.2. The monoisotopic (exact) mass is 473 g/mol.